The lowest BCUT2D eigenvalue weighted by molar-refractivity contribution is -0.192. The Balaban J connectivity index is 0.000000396. The van der Waals surface area contributed by atoms with E-state index in [0.717, 1.165) is 5.56 Å². The highest BCUT2D eigenvalue weighted by molar-refractivity contribution is 7.93. The molecular formula is C18H25F3N2O6S. The average molecular weight is 454 g/mol. The SMILES string of the molecule is CCOCC1CCS(=O)(=O)C12CN(Cc1cccnc1OC)C2.O=C(O)C(F)(F)F. The number of aromatic nitrogens is 1. The van der Waals surface area contributed by atoms with Crippen LogP contribution in [-0.2, 0) is 25.9 Å². The largest absolute Gasteiger partial charge is 0.490 e. The Kier molecular flexibility index (Phi) is 7.69. The highest BCUT2D eigenvalue weighted by Crippen LogP contribution is 2.45. The van der Waals surface area contributed by atoms with Gasteiger partial charge in [-0.15, -0.1) is 0 Å². The molecule has 0 radical (unpaired) electrons. The number of sulfone groups is 1. The molecule has 1 N–H and O–H groups in total. The Morgan fingerprint density at radius 3 is 2.57 bits per heavy atom. The molecule has 0 aromatic carbocycles. The van der Waals surface area contributed by atoms with Crippen LogP contribution in [0.3, 0.4) is 0 Å². The molecule has 3 heterocycles. The molecule has 1 spiro atoms. The second-order valence-corrected chi connectivity index (χ2v) is 9.60. The van der Waals surface area contributed by atoms with Crippen LogP contribution in [0.5, 0.6) is 5.88 Å². The molecular weight excluding hydrogens is 429 g/mol. The van der Waals surface area contributed by atoms with E-state index in [1.165, 1.54) is 0 Å². The number of hydrogen-bond donors (Lipinski definition) is 1. The van der Waals surface area contributed by atoms with Gasteiger partial charge >= 0.3 is 12.1 Å². The summed E-state index contributed by atoms with van der Waals surface area (Å²) in [6.07, 6.45) is -2.67. The molecule has 170 valence electrons. The number of ether oxygens (including phenoxy) is 2. The normalized spacial score (nSPS) is 22.1. The third-order valence-electron chi connectivity index (χ3n) is 5.28. The van der Waals surface area contributed by atoms with Crippen molar-refractivity contribution in [3.63, 3.8) is 0 Å². The molecule has 0 saturated carbocycles. The van der Waals surface area contributed by atoms with Crippen LogP contribution in [0, 0.1) is 5.92 Å². The number of hydrogen-bond acceptors (Lipinski definition) is 7. The van der Waals surface area contributed by atoms with E-state index in [-0.39, 0.29) is 11.7 Å². The summed E-state index contributed by atoms with van der Waals surface area (Å²) < 4.78 is 67.0. The number of aliphatic carboxylic acids is 1. The number of halogens is 3. The summed E-state index contributed by atoms with van der Waals surface area (Å²) in [5.41, 5.74) is 0.988. The highest BCUT2D eigenvalue weighted by Gasteiger charge is 2.61. The maximum atomic E-state index is 12.5. The van der Waals surface area contributed by atoms with Gasteiger partial charge in [0.1, 0.15) is 4.75 Å². The quantitative estimate of drug-likeness (QED) is 0.693. The maximum Gasteiger partial charge on any atom is 0.490 e. The lowest BCUT2D eigenvalue weighted by Crippen LogP contribution is -2.67. The van der Waals surface area contributed by atoms with Crippen LogP contribution in [0.15, 0.2) is 18.3 Å². The average Bonchev–Trinajstić information content (AvgIpc) is 2.90. The van der Waals surface area contributed by atoms with Crippen molar-refractivity contribution < 1.29 is 41.0 Å². The maximum absolute atomic E-state index is 12.5. The first kappa shape index (κ1) is 24.4. The third-order valence-corrected chi connectivity index (χ3v) is 7.89. The van der Waals surface area contributed by atoms with E-state index in [1.54, 1.807) is 13.3 Å². The fraction of sp³-hybridized carbons (Fsp3) is 0.667. The summed E-state index contributed by atoms with van der Waals surface area (Å²) in [6, 6.07) is 3.84. The van der Waals surface area contributed by atoms with Gasteiger partial charge in [0.2, 0.25) is 5.88 Å². The van der Waals surface area contributed by atoms with Gasteiger partial charge in [-0.05, 0) is 19.4 Å². The van der Waals surface area contributed by atoms with Gasteiger partial charge in [0.15, 0.2) is 9.84 Å². The summed E-state index contributed by atoms with van der Waals surface area (Å²) in [5.74, 6) is -1.75. The van der Waals surface area contributed by atoms with Gasteiger partial charge in [0, 0.05) is 43.9 Å². The van der Waals surface area contributed by atoms with Crippen LogP contribution < -0.4 is 4.74 Å². The highest BCUT2D eigenvalue weighted by atomic mass is 32.2. The fourth-order valence-electron chi connectivity index (χ4n) is 3.76. The van der Waals surface area contributed by atoms with Gasteiger partial charge in [-0.3, -0.25) is 4.90 Å². The van der Waals surface area contributed by atoms with Gasteiger partial charge < -0.3 is 14.6 Å². The van der Waals surface area contributed by atoms with Crippen molar-refractivity contribution >= 4 is 15.8 Å². The van der Waals surface area contributed by atoms with Gasteiger partial charge in [-0.25, -0.2) is 18.2 Å². The summed E-state index contributed by atoms with van der Waals surface area (Å²) in [5, 5.41) is 7.12. The van der Waals surface area contributed by atoms with Crippen LogP contribution in [0.2, 0.25) is 0 Å². The number of carbonyl (C=O) groups is 1. The van der Waals surface area contributed by atoms with E-state index in [2.05, 4.69) is 9.88 Å². The van der Waals surface area contributed by atoms with Crippen molar-refractivity contribution in [2.45, 2.75) is 30.8 Å². The van der Waals surface area contributed by atoms with Crippen LogP contribution in [0.25, 0.3) is 0 Å². The number of likely N-dealkylation sites (tertiary alicyclic amines) is 1. The Morgan fingerprint density at radius 2 is 2.03 bits per heavy atom. The Labute approximate surface area is 172 Å². The number of nitrogens with zero attached hydrogens (tertiary/aromatic N) is 2. The standard InChI is InChI=1S/C16H24N2O4S.C2HF3O2/c1-3-22-10-14-6-8-23(19,20)16(14)11-18(12-16)9-13-5-4-7-17-15(13)21-2;3-2(4,5)1(6)7/h4-5,7,14H,3,6,8-12H2,1-2H3;(H,6,7). The van der Waals surface area contributed by atoms with Crippen LogP contribution in [-0.4, -0.2) is 79.5 Å². The summed E-state index contributed by atoms with van der Waals surface area (Å²) >= 11 is 0. The molecule has 12 heteroatoms. The molecule has 8 nitrogen and oxygen atoms in total. The van der Waals surface area contributed by atoms with Gasteiger partial charge in [-0.1, -0.05) is 6.07 Å². The van der Waals surface area contributed by atoms with Crippen molar-refractivity contribution in [3.8, 4) is 5.88 Å². The van der Waals surface area contributed by atoms with Crippen molar-refractivity contribution in [2.75, 3.05) is 39.2 Å². The zero-order valence-corrected chi connectivity index (χ0v) is 17.5. The summed E-state index contributed by atoms with van der Waals surface area (Å²) in [4.78, 5) is 15.2. The minimum Gasteiger partial charge on any atom is -0.481 e. The Morgan fingerprint density at radius 1 is 1.40 bits per heavy atom. The van der Waals surface area contributed by atoms with Gasteiger partial charge in [0.25, 0.3) is 0 Å². The van der Waals surface area contributed by atoms with E-state index in [9.17, 15) is 21.6 Å². The number of rotatable bonds is 6. The third kappa shape index (κ3) is 5.22. The lowest BCUT2D eigenvalue weighted by Gasteiger charge is -2.50. The zero-order valence-electron chi connectivity index (χ0n) is 16.7. The smallest absolute Gasteiger partial charge is 0.481 e. The summed E-state index contributed by atoms with van der Waals surface area (Å²) in [6.45, 7) is 4.92. The Hall–Kier alpha value is -1.92. The molecule has 0 amide bonds. The van der Waals surface area contributed by atoms with E-state index >= 15 is 0 Å². The fourth-order valence-corrected chi connectivity index (χ4v) is 6.21. The first-order valence-electron chi connectivity index (χ1n) is 9.27. The second-order valence-electron chi connectivity index (χ2n) is 7.15. The summed E-state index contributed by atoms with van der Waals surface area (Å²) in [7, 11) is -1.44. The van der Waals surface area contributed by atoms with Crippen molar-refractivity contribution in [1.82, 2.24) is 9.88 Å². The molecule has 0 bridgehead atoms. The molecule has 2 fully saturated rings. The minimum absolute atomic E-state index is 0.111. The number of carboxylic acids is 1. The number of pyridine rings is 1. The van der Waals surface area contributed by atoms with Crippen molar-refractivity contribution in [2.24, 2.45) is 5.92 Å². The van der Waals surface area contributed by atoms with Crippen LogP contribution >= 0.6 is 0 Å². The molecule has 0 aliphatic carbocycles. The minimum atomic E-state index is -5.08. The number of methoxy groups -OCH3 is 1. The van der Waals surface area contributed by atoms with E-state index in [0.29, 0.717) is 45.1 Å². The van der Waals surface area contributed by atoms with E-state index < -0.39 is 26.7 Å². The lowest BCUT2D eigenvalue weighted by atomic mass is 9.83. The molecule has 1 unspecified atom stereocenters. The molecule has 2 saturated heterocycles. The zero-order chi connectivity index (χ0) is 22.6. The number of alkyl halides is 3. The molecule has 2 aliphatic heterocycles. The van der Waals surface area contributed by atoms with Crippen molar-refractivity contribution in [1.29, 1.82) is 0 Å². The number of carboxylic acid groups (broad SMARTS) is 1. The topological polar surface area (TPSA) is 106 Å². The second kappa shape index (κ2) is 9.48. The molecule has 30 heavy (non-hydrogen) atoms. The van der Waals surface area contributed by atoms with Crippen molar-refractivity contribution in [3.05, 3.63) is 23.9 Å². The monoisotopic (exact) mass is 454 g/mol. The van der Waals surface area contributed by atoms with Crippen LogP contribution in [0.4, 0.5) is 13.2 Å². The van der Waals surface area contributed by atoms with E-state index in [4.69, 9.17) is 19.4 Å². The molecule has 1 aromatic heterocycles. The molecule has 3 rings (SSSR count). The van der Waals surface area contributed by atoms with Crippen LogP contribution in [0.1, 0.15) is 18.9 Å². The first-order chi connectivity index (χ1) is 14.0. The molecule has 1 atom stereocenters. The molecule has 2 aliphatic rings. The predicted molar refractivity (Wildman–Crippen MR) is 101 cm³/mol. The van der Waals surface area contributed by atoms with E-state index in [1.807, 2.05) is 19.1 Å². The molecule has 1 aromatic rings. The van der Waals surface area contributed by atoms with Gasteiger partial charge in [0.05, 0.1) is 19.5 Å². The van der Waals surface area contributed by atoms with Gasteiger partial charge in [-0.2, -0.15) is 13.2 Å². The first-order valence-corrected chi connectivity index (χ1v) is 10.9. The Bertz CT molecular complexity index is 841. The predicted octanol–water partition coefficient (Wildman–Crippen LogP) is 1.75.